The summed E-state index contributed by atoms with van der Waals surface area (Å²) in [5.74, 6) is -2.26. The Bertz CT molecular complexity index is 2790. The third kappa shape index (κ3) is 23.3. The standard InChI is InChI=1S/C68H100N8O10/c1-13-21-28-49(17-5)41-75(42-50(18-6)29-22-14-2)65(81)53-32-25-36-57(38-53)71-73-60(46-78)48(10)61(68(84)86-12)63(79)69-55-34-27-35-56(40-55)70-64(80)62(47(9)59(45-77)67(83)85-11)74-72-58-37-26-33-54(39-58)66(82)76(43-51(19-7)30-23-15-3)44-52(20-8)31-24-16-4/h25-27,32-40,45-46,49-52,70,72,74,78,80H,13-24,28-31,41-44H2,1-12H3,(H,69,79)/b59-47+,60-46-,61-48+,64-62-,73-71+. The lowest BCUT2D eigenvalue weighted by atomic mass is 9.95. The van der Waals surface area contributed by atoms with Crippen LogP contribution in [0.25, 0.3) is 0 Å². The zero-order valence-electron chi connectivity index (χ0n) is 53.5. The predicted molar refractivity (Wildman–Crippen MR) is 344 cm³/mol. The van der Waals surface area contributed by atoms with Crippen LogP contribution in [0.15, 0.2) is 129 Å². The molecule has 0 aromatic heterocycles. The van der Waals surface area contributed by atoms with E-state index in [1.165, 1.54) is 26.0 Å². The van der Waals surface area contributed by atoms with Gasteiger partial charge >= 0.3 is 11.9 Å². The first-order chi connectivity index (χ1) is 41.4. The maximum absolute atomic E-state index is 14.4. The number of aliphatic hydroxyl groups excluding tert-OH is 2. The first-order valence-corrected chi connectivity index (χ1v) is 31.2. The molecule has 0 aliphatic carbocycles. The molecule has 3 aromatic carbocycles. The number of nitrogens with zero attached hydrogens (tertiary/aromatic N) is 4. The molecule has 0 bridgehead atoms. The first kappa shape index (κ1) is 72.5. The van der Waals surface area contributed by atoms with E-state index in [0.29, 0.717) is 84.9 Å². The van der Waals surface area contributed by atoms with Gasteiger partial charge < -0.3 is 45.5 Å². The molecule has 0 saturated carbocycles. The van der Waals surface area contributed by atoms with E-state index in [2.05, 4.69) is 87.1 Å². The van der Waals surface area contributed by atoms with E-state index in [-0.39, 0.29) is 45.7 Å². The largest absolute Gasteiger partial charge is 0.513 e. The van der Waals surface area contributed by atoms with Gasteiger partial charge in [-0.05, 0) is 129 Å². The molecule has 3 amide bonds. The van der Waals surface area contributed by atoms with Gasteiger partial charge in [0.05, 0.1) is 25.6 Å². The lowest BCUT2D eigenvalue weighted by molar-refractivity contribution is -0.138. The Labute approximate surface area is 512 Å². The lowest BCUT2D eigenvalue weighted by Crippen LogP contribution is -2.39. The summed E-state index contributed by atoms with van der Waals surface area (Å²) in [5.41, 5.74) is 6.53. The van der Waals surface area contributed by atoms with Crippen molar-refractivity contribution in [3.63, 3.8) is 0 Å². The van der Waals surface area contributed by atoms with Crippen LogP contribution in [0.2, 0.25) is 0 Å². The second-order valence-corrected chi connectivity index (χ2v) is 22.2. The molecule has 0 saturated heterocycles. The number of aliphatic hydroxyl groups is 2. The minimum atomic E-state index is -1.04. The van der Waals surface area contributed by atoms with E-state index in [9.17, 15) is 39.0 Å². The highest BCUT2D eigenvalue weighted by Crippen LogP contribution is 2.28. The van der Waals surface area contributed by atoms with Crippen LogP contribution < -0.4 is 21.5 Å². The van der Waals surface area contributed by atoms with Crippen LogP contribution in [0.1, 0.15) is 193 Å². The average molecular weight is 1190 g/mol. The third-order valence-electron chi connectivity index (χ3n) is 15.9. The molecule has 86 heavy (non-hydrogen) atoms. The van der Waals surface area contributed by atoms with Gasteiger partial charge in [0.2, 0.25) is 5.88 Å². The number of azo groups is 1. The van der Waals surface area contributed by atoms with Crippen molar-refractivity contribution in [1.82, 2.24) is 15.2 Å². The summed E-state index contributed by atoms with van der Waals surface area (Å²) in [5, 5.41) is 36.3. The number of hydrazine groups is 1. The number of hydrogen-bond donors (Lipinski definition) is 6. The van der Waals surface area contributed by atoms with Gasteiger partial charge in [-0.1, -0.05) is 151 Å². The maximum Gasteiger partial charge on any atom is 0.343 e. The van der Waals surface area contributed by atoms with Gasteiger partial charge in [0.25, 0.3) is 17.7 Å². The van der Waals surface area contributed by atoms with Gasteiger partial charge in [0.1, 0.15) is 28.8 Å². The molecule has 0 aliphatic heterocycles. The van der Waals surface area contributed by atoms with Crippen molar-refractivity contribution >= 4 is 58.7 Å². The van der Waals surface area contributed by atoms with E-state index >= 15 is 0 Å². The highest BCUT2D eigenvalue weighted by atomic mass is 16.5. The SMILES string of the molecule is CCCCC(CC)CN(CC(CC)CCCC)C(=O)c1cccc(/N=N/C(=C\O)C(/C)=C(\C(=O)Nc2cccc(N/C(O)=C(NNc3cccc(C(=O)N(CC(CC)CCCC)CC(CC)CCCC)c3)\C(C)=C(/C=O)C(=O)OC)c2)C(=O)OC)c1. The molecule has 4 atom stereocenters. The number of amides is 3. The Kier molecular flexibility index (Phi) is 33.5. The number of rotatable bonds is 40. The molecule has 18 heteroatoms. The summed E-state index contributed by atoms with van der Waals surface area (Å²) >= 11 is 0. The Morgan fingerprint density at radius 2 is 1.02 bits per heavy atom. The van der Waals surface area contributed by atoms with Crippen LogP contribution >= 0.6 is 0 Å². The number of hydrogen-bond acceptors (Lipinski definition) is 15. The predicted octanol–water partition coefficient (Wildman–Crippen LogP) is 15.5. The quantitative estimate of drug-likeness (QED) is 0.00358. The van der Waals surface area contributed by atoms with E-state index in [1.807, 2.05) is 9.80 Å². The van der Waals surface area contributed by atoms with E-state index in [0.717, 1.165) is 117 Å². The number of nitrogens with one attached hydrogen (secondary N) is 4. The Morgan fingerprint density at radius 1 is 0.581 bits per heavy atom. The molecule has 0 heterocycles. The molecular formula is C68H100N8O10. The fraction of sp³-hybridized carbons (Fsp3) is 0.529. The summed E-state index contributed by atoms with van der Waals surface area (Å²) in [6.45, 7) is 22.8. The first-order valence-electron chi connectivity index (χ1n) is 31.2. The van der Waals surface area contributed by atoms with E-state index in [1.54, 1.807) is 60.7 Å². The number of aldehydes is 1. The molecular weight excluding hydrogens is 1090 g/mol. The number of esters is 2. The van der Waals surface area contributed by atoms with Crippen LogP contribution in [0.4, 0.5) is 22.7 Å². The normalized spacial score (nSPS) is 13.9. The third-order valence-corrected chi connectivity index (χ3v) is 15.9. The van der Waals surface area contributed by atoms with Crippen molar-refractivity contribution in [3.8, 4) is 0 Å². The summed E-state index contributed by atoms with van der Waals surface area (Å²) in [6.07, 6.45) is 17.6. The van der Waals surface area contributed by atoms with E-state index < -0.39 is 34.9 Å². The van der Waals surface area contributed by atoms with Gasteiger partial charge in [-0.2, -0.15) is 5.11 Å². The summed E-state index contributed by atoms with van der Waals surface area (Å²) < 4.78 is 9.91. The number of allylic oxidation sites excluding steroid dienone is 2. The molecule has 6 N–H and O–H groups in total. The fourth-order valence-electron chi connectivity index (χ4n) is 10.2. The van der Waals surface area contributed by atoms with Crippen molar-refractivity contribution in [2.75, 3.05) is 56.5 Å². The molecule has 0 aliphatic rings. The lowest BCUT2D eigenvalue weighted by Gasteiger charge is -2.31. The number of anilines is 3. The molecule has 0 spiro atoms. The molecule has 0 radical (unpaired) electrons. The topological polar surface area (TPSA) is 241 Å². The van der Waals surface area contributed by atoms with Crippen molar-refractivity contribution in [1.29, 1.82) is 0 Å². The zero-order chi connectivity index (χ0) is 63.6. The van der Waals surface area contributed by atoms with Crippen LogP contribution in [0, 0.1) is 23.7 Å². The number of ether oxygens (including phenoxy) is 2. The Balaban J connectivity index is 1.99. The van der Waals surface area contributed by atoms with Crippen molar-refractivity contribution in [2.24, 2.45) is 33.9 Å². The van der Waals surface area contributed by atoms with Gasteiger partial charge in [-0.3, -0.25) is 24.6 Å². The molecule has 472 valence electrons. The van der Waals surface area contributed by atoms with Gasteiger partial charge in [0.15, 0.2) is 6.29 Å². The second-order valence-electron chi connectivity index (χ2n) is 22.2. The molecule has 3 rings (SSSR count). The highest BCUT2D eigenvalue weighted by molar-refractivity contribution is 6.22. The number of unbranched alkanes of at least 4 members (excludes halogenated alkanes) is 4. The molecule has 18 nitrogen and oxygen atoms in total. The van der Waals surface area contributed by atoms with Crippen molar-refractivity contribution in [3.05, 3.63) is 130 Å². The van der Waals surface area contributed by atoms with Gasteiger partial charge in [-0.25, -0.2) is 9.59 Å². The molecule has 3 aromatic rings. The van der Waals surface area contributed by atoms with E-state index in [4.69, 9.17) is 9.47 Å². The summed E-state index contributed by atoms with van der Waals surface area (Å²) in [6, 6.07) is 19.8. The minimum absolute atomic E-state index is 0.0137. The second kappa shape index (κ2) is 39.8. The van der Waals surface area contributed by atoms with Crippen LogP contribution in [0.5, 0.6) is 0 Å². The van der Waals surface area contributed by atoms with Crippen LogP contribution in [-0.2, 0) is 28.7 Å². The highest BCUT2D eigenvalue weighted by Gasteiger charge is 2.28. The van der Waals surface area contributed by atoms with Crippen molar-refractivity contribution in [2.45, 2.75) is 172 Å². The number of methoxy groups -OCH3 is 2. The number of carbonyl (C=O) groups is 6. The zero-order valence-corrected chi connectivity index (χ0v) is 53.5. The van der Waals surface area contributed by atoms with Crippen molar-refractivity contribution < 1.29 is 48.5 Å². The maximum atomic E-state index is 14.4. The number of carbonyl (C=O) groups excluding carboxylic acids is 6. The summed E-state index contributed by atoms with van der Waals surface area (Å²) in [7, 11) is 2.22. The Hall–Kier alpha value is -7.76. The van der Waals surface area contributed by atoms with Crippen LogP contribution in [-0.4, -0.2) is 96.4 Å². The van der Waals surface area contributed by atoms with Crippen LogP contribution in [0.3, 0.4) is 0 Å². The fourth-order valence-corrected chi connectivity index (χ4v) is 10.2. The summed E-state index contributed by atoms with van der Waals surface area (Å²) in [4.78, 5) is 85.4. The molecule has 4 unspecified atom stereocenters. The Morgan fingerprint density at radius 3 is 1.47 bits per heavy atom. The van der Waals surface area contributed by atoms with Gasteiger partial charge in [0, 0.05) is 48.7 Å². The molecule has 0 fully saturated rings. The average Bonchev–Trinajstić information content (AvgIpc) is 2.97. The minimum Gasteiger partial charge on any atom is -0.513 e. The number of benzene rings is 3. The smallest absolute Gasteiger partial charge is 0.343 e. The monoisotopic (exact) mass is 1190 g/mol. The van der Waals surface area contributed by atoms with Gasteiger partial charge in [-0.15, -0.1) is 5.11 Å².